The van der Waals surface area contributed by atoms with Crippen molar-refractivity contribution in [2.45, 2.75) is 57.1 Å². The van der Waals surface area contributed by atoms with E-state index in [0.29, 0.717) is 28.5 Å². The first-order valence-electron chi connectivity index (χ1n) is 9.53. The number of carbonyl (C=O) groups excluding carboxylic acids is 1. The van der Waals surface area contributed by atoms with E-state index in [1.54, 1.807) is 12.3 Å². The van der Waals surface area contributed by atoms with Crippen molar-refractivity contribution < 1.29 is 9.53 Å². The Balaban J connectivity index is 1.40. The van der Waals surface area contributed by atoms with Gasteiger partial charge in [0, 0.05) is 31.9 Å². The first-order valence-corrected chi connectivity index (χ1v) is 9.91. The summed E-state index contributed by atoms with van der Waals surface area (Å²) < 4.78 is 5.87. The molecule has 1 aromatic rings. The molecule has 0 bridgehead atoms. The summed E-state index contributed by atoms with van der Waals surface area (Å²) in [7, 11) is 0. The third-order valence-corrected chi connectivity index (χ3v) is 5.82. The molecule has 6 heteroatoms. The maximum Gasteiger partial charge on any atom is 0.255 e. The number of hydrogen-bond acceptors (Lipinski definition) is 4. The van der Waals surface area contributed by atoms with Crippen LogP contribution in [0.3, 0.4) is 0 Å². The van der Waals surface area contributed by atoms with Gasteiger partial charge in [0.15, 0.2) is 0 Å². The molecule has 0 spiro atoms. The fraction of sp³-hybridized carbons (Fsp3) is 0.684. The molecule has 3 aliphatic rings. The summed E-state index contributed by atoms with van der Waals surface area (Å²) in [5.41, 5.74) is 0.584. The fourth-order valence-electron chi connectivity index (χ4n) is 3.89. The van der Waals surface area contributed by atoms with Crippen LogP contribution in [0.4, 0.5) is 5.82 Å². The number of nitrogens with one attached hydrogen (secondary N) is 1. The first-order chi connectivity index (χ1) is 12.2. The number of nitrogens with zero attached hydrogens (tertiary/aromatic N) is 2. The highest BCUT2D eigenvalue weighted by molar-refractivity contribution is 6.33. The second-order valence-corrected chi connectivity index (χ2v) is 7.93. The third kappa shape index (κ3) is 4.09. The van der Waals surface area contributed by atoms with Gasteiger partial charge in [-0.1, -0.05) is 11.6 Å². The highest BCUT2D eigenvalue weighted by atomic mass is 35.5. The van der Waals surface area contributed by atoms with Crippen molar-refractivity contribution in [1.82, 2.24) is 9.88 Å². The van der Waals surface area contributed by atoms with E-state index in [2.05, 4.69) is 10.3 Å². The predicted molar refractivity (Wildman–Crippen MR) is 98.1 cm³/mol. The van der Waals surface area contributed by atoms with Gasteiger partial charge in [0.2, 0.25) is 0 Å². The molecule has 2 aliphatic heterocycles. The lowest BCUT2D eigenvalue weighted by molar-refractivity contribution is -0.00223. The quantitative estimate of drug-likeness (QED) is 0.885. The summed E-state index contributed by atoms with van der Waals surface area (Å²) >= 11 is 6.42. The lowest BCUT2D eigenvalue weighted by atomic mass is 10.00. The van der Waals surface area contributed by atoms with Crippen molar-refractivity contribution in [2.75, 3.05) is 25.0 Å². The molecule has 4 rings (SSSR count). The molecular formula is C19H26ClN3O2. The van der Waals surface area contributed by atoms with Gasteiger partial charge < -0.3 is 15.0 Å². The minimum Gasteiger partial charge on any atom is -0.378 e. The van der Waals surface area contributed by atoms with Crippen LogP contribution in [0.2, 0.25) is 5.02 Å². The molecule has 1 amide bonds. The summed E-state index contributed by atoms with van der Waals surface area (Å²) in [6.45, 7) is 2.46. The zero-order chi connectivity index (χ0) is 17.2. The third-order valence-electron chi connectivity index (χ3n) is 5.54. The first kappa shape index (κ1) is 17.1. The van der Waals surface area contributed by atoms with Gasteiger partial charge in [-0.15, -0.1) is 0 Å². The van der Waals surface area contributed by atoms with Crippen LogP contribution in [-0.2, 0) is 4.74 Å². The Kier molecular flexibility index (Phi) is 5.13. The van der Waals surface area contributed by atoms with Gasteiger partial charge in [-0.3, -0.25) is 4.79 Å². The van der Waals surface area contributed by atoms with Crippen LogP contribution >= 0.6 is 11.6 Å². The Morgan fingerprint density at radius 3 is 2.76 bits per heavy atom. The lowest BCUT2D eigenvalue weighted by Crippen LogP contribution is -2.36. The second kappa shape index (κ2) is 7.50. The van der Waals surface area contributed by atoms with E-state index in [9.17, 15) is 4.79 Å². The van der Waals surface area contributed by atoms with E-state index in [-0.39, 0.29) is 5.91 Å². The van der Waals surface area contributed by atoms with Crippen LogP contribution in [-0.4, -0.2) is 47.6 Å². The maximum atomic E-state index is 12.6. The van der Waals surface area contributed by atoms with Crippen molar-refractivity contribution in [3.63, 3.8) is 0 Å². The van der Waals surface area contributed by atoms with Crippen LogP contribution < -0.4 is 5.32 Å². The predicted octanol–water partition coefficient (Wildman–Crippen LogP) is 3.73. The number of carbonyl (C=O) groups is 1. The summed E-state index contributed by atoms with van der Waals surface area (Å²) in [4.78, 5) is 18.9. The maximum absolute atomic E-state index is 12.6. The number of pyridine rings is 1. The van der Waals surface area contributed by atoms with Crippen molar-refractivity contribution >= 4 is 23.3 Å². The number of aromatic nitrogens is 1. The Morgan fingerprint density at radius 2 is 2.04 bits per heavy atom. The Morgan fingerprint density at radius 1 is 1.24 bits per heavy atom. The number of hydrogen-bond donors (Lipinski definition) is 1. The Hall–Kier alpha value is -1.33. The number of ether oxygens (including phenoxy) is 1. The smallest absolute Gasteiger partial charge is 0.255 e. The molecular weight excluding hydrogens is 338 g/mol. The highest BCUT2D eigenvalue weighted by Gasteiger charge is 2.36. The number of rotatable bonds is 4. The lowest BCUT2D eigenvalue weighted by Gasteiger charge is -2.31. The van der Waals surface area contributed by atoms with Gasteiger partial charge in [0.1, 0.15) is 5.82 Å². The minimum absolute atomic E-state index is 0.0421. The monoisotopic (exact) mass is 363 g/mol. The average molecular weight is 364 g/mol. The van der Waals surface area contributed by atoms with E-state index < -0.39 is 0 Å². The highest BCUT2D eigenvalue weighted by Crippen LogP contribution is 2.38. The number of halogens is 1. The van der Waals surface area contributed by atoms with Crippen LogP contribution in [0.25, 0.3) is 0 Å². The van der Waals surface area contributed by atoms with Gasteiger partial charge in [0.25, 0.3) is 5.91 Å². The van der Waals surface area contributed by atoms with Crippen LogP contribution in [0, 0.1) is 5.92 Å². The van der Waals surface area contributed by atoms with Crippen LogP contribution in [0.15, 0.2) is 12.3 Å². The normalized spacial score (nSPS) is 27.2. The molecule has 2 unspecified atom stereocenters. The second-order valence-electron chi connectivity index (χ2n) is 7.52. The number of amides is 1. The molecule has 3 fully saturated rings. The summed E-state index contributed by atoms with van der Waals surface area (Å²) in [5, 5.41) is 3.98. The summed E-state index contributed by atoms with van der Waals surface area (Å²) in [6.07, 6.45) is 9.98. The van der Waals surface area contributed by atoms with E-state index in [1.807, 2.05) is 4.90 Å². The topological polar surface area (TPSA) is 54.5 Å². The molecule has 1 aromatic heterocycles. The number of likely N-dealkylation sites (tertiary alicyclic amines) is 1. The van der Waals surface area contributed by atoms with Crippen LogP contribution in [0.5, 0.6) is 0 Å². The summed E-state index contributed by atoms with van der Waals surface area (Å²) in [6, 6.07) is 2.10. The molecule has 25 heavy (non-hydrogen) atoms. The van der Waals surface area contributed by atoms with Gasteiger partial charge >= 0.3 is 0 Å². The van der Waals surface area contributed by atoms with Gasteiger partial charge in [-0.25, -0.2) is 4.98 Å². The number of anilines is 1. The van der Waals surface area contributed by atoms with Gasteiger partial charge in [-0.05, 0) is 56.9 Å². The molecule has 2 saturated heterocycles. The fourth-order valence-corrected chi connectivity index (χ4v) is 4.11. The Labute approximate surface area is 154 Å². The largest absolute Gasteiger partial charge is 0.378 e. The molecule has 0 aromatic carbocycles. The zero-order valence-corrected chi connectivity index (χ0v) is 15.3. The molecule has 5 nitrogen and oxygen atoms in total. The van der Waals surface area contributed by atoms with Crippen molar-refractivity contribution in [2.24, 2.45) is 5.92 Å². The molecule has 0 radical (unpaired) electrons. The van der Waals surface area contributed by atoms with Gasteiger partial charge in [0.05, 0.1) is 16.7 Å². The number of piperidine rings is 1. The zero-order valence-electron chi connectivity index (χ0n) is 14.5. The average Bonchev–Trinajstić information content (AvgIpc) is 3.49. The molecule has 1 saturated carbocycles. The van der Waals surface area contributed by atoms with Crippen molar-refractivity contribution in [1.29, 1.82) is 0 Å². The summed E-state index contributed by atoms with van der Waals surface area (Å²) in [5.74, 6) is 1.47. The van der Waals surface area contributed by atoms with E-state index in [1.165, 1.54) is 19.3 Å². The minimum atomic E-state index is 0.0421. The van der Waals surface area contributed by atoms with Gasteiger partial charge in [-0.2, -0.15) is 0 Å². The van der Waals surface area contributed by atoms with E-state index >= 15 is 0 Å². The molecule has 1 N–H and O–H groups in total. The van der Waals surface area contributed by atoms with E-state index in [0.717, 1.165) is 51.3 Å². The molecule has 2 atom stereocenters. The van der Waals surface area contributed by atoms with Crippen LogP contribution in [0.1, 0.15) is 55.3 Å². The van der Waals surface area contributed by atoms with E-state index in [4.69, 9.17) is 16.3 Å². The molecule has 1 aliphatic carbocycles. The van der Waals surface area contributed by atoms with Crippen molar-refractivity contribution in [3.05, 3.63) is 22.8 Å². The SMILES string of the molecule is O=C(c1cnc(NC2CCOC(C3CC3)C2)c(Cl)c1)N1CCCCC1. The molecule has 136 valence electrons. The Bertz CT molecular complexity index is 629. The van der Waals surface area contributed by atoms with Crippen molar-refractivity contribution in [3.8, 4) is 0 Å². The standard InChI is InChI=1S/C19H26ClN3O2/c20-16-10-14(19(24)23-7-2-1-3-8-23)12-21-18(16)22-15-6-9-25-17(11-15)13-4-5-13/h10,12-13,15,17H,1-9,11H2,(H,21,22). The molecule has 3 heterocycles.